The molecule has 0 saturated heterocycles. The number of hydrogen-bond acceptors (Lipinski definition) is 4. The summed E-state index contributed by atoms with van der Waals surface area (Å²) in [6.07, 6.45) is 0. The van der Waals surface area contributed by atoms with E-state index in [4.69, 9.17) is 4.74 Å². The number of phenols is 1. The van der Waals surface area contributed by atoms with Gasteiger partial charge in [-0.3, -0.25) is 4.90 Å². The van der Waals surface area contributed by atoms with E-state index in [1.807, 2.05) is 24.3 Å². The van der Waals surface area contributed by atoms with Gasteiger partial charge in [0, 0.05) is 23.5 Å². The Morgan fingerprint density at radius 2 is 1.91 bits per heavy atom. The predicted octanol–water partition coefficient (Wildman–Crippen LogP) is 4.56. The summed E-state index contributed by atoms with van der Waals surface area (Å²) in [5, 5.41) is 14.6. The molecule has 0 spiro atoms. The van der Waals surface area contributed by atoms with Gasteiger partial charge in [-0.25, -0.2) is 0 Å². The summed E-state index contributed by atoms with van der Waals surface area (Å²) in [4.78, 5) is 3.59. The molecule has 1 heterocycles. The molecular weight excluding hydrogens is 306 g/mol. The minimum atomic E-state index is 0.334. The second kappa shape index (κ2) is 6.60. The standard InChI is InChI=1S/C19H21NO2S/c1-13-8-9-23-19(13)12-20(2)11-17-16-10-15(22-3)6-4-14(16)5-7-18(17)21/h4-10,21H,11-12H2,1-3H3. The molecule has 1 N–H and O–H groups in total. The lowest BCUT2D eigenvalue weighted by Crippen LogP contribution is -2.17. The molecule has 0 saturated carbocycles. The molecule has 3 rings (SSSR count). The summed E-state index contributed by atoms with van der Waals surface area (Å²) in [6, 6.07) is 11.8. The largest absolute Gasteiger partial charge is 0.508 e. The van der Waals surface area contributed by atoms with Gasteiger partial charge in [-0.1, -0.05) is 12.1 Å². The van der Waals surface area contributed by atoms with Crippen LogP contribution in [0.5, 0.6) is 11.5 Å². The van der Waals surface area contributed by atoms with E-state index in [-0.39, 0.29) is 0 Å². The van der Waals surface area contributed by atoms with Crippen LogP contribution in [0, 0.1) is 6.92 Å². The van der Waals surface area contributed by atoms with Gasteiger partial charge in [0.15, 0.2) is 0 Å². The fourth-order valence-electron chi connectivity index (χ4n) is 2.78. The third-order valence-corrected chi connectivity index (χ3v) is 5.13. The van der Waals surface area contributed by atoms with E-state index in [9.17, 15) is 5.11 Å². The zero-order valence-corrected chi connectivity index (χ0v) is 14.5. The maximum atomic E-state index is 10.3. The third kappa shape index (κ3) is 3.33. The number of hydrogen-bond donors (Lipinski definition) is 1. The zero-order valence-electron chi connectivity index (χ0n) is 13.7. The van der Waals surface area contributed by atoms with Gasteiger partial charge in [-0.15, -0.1) is 11.3 Å². The van der Waals surface area contributed by atoms with Gasteiger partial charge < -0.3 is 9.84 Å². The first-order chi connectivity index (χ1) is 11.1. The lowest BCUT2D eigenvalue weighted by Gasteiger charge is -2.19. The quantitative estimate of drug-likeness (QED) is 0.746. The Morgan fingerprint density at radius 1 is 1.13 bits per heavy atom. The first-order valence-corrected chi connectivity index (χ1v) is 8.46. The molecule has 1 aromatic heterocycles. The monoisotopic (exact) mass is 327 g/mol. The first-order valence-electron chi connectivity index (χ1n) is 7.58. The molecule has 0 atom stereocenters. The maximum Gasteiger partial charge on any atom is 0.120 e. The van der Waals surface area contributed by atoms with Crippen LogP contribution >= 0.6 is 11.3 Å². The van der Waals surface area contributed by atoms with E-state index < -0.39 is 0 Å². The Bertz CT molecular complexity index is 825. The van der Waals surface area contributed by atoms with Crippen LogP contribution in [-0.2, 0) is 13.1 Å². The molecular formula is C19H21NO2S. The van der Waals surface area contributed by atoms with Crippen LogP contribution < -0.4 is 4.74 Å². The predicted molar refractivity (Wildman–Crippen MR) is 96.4 cm³/mol. The van der Waals surface area contributed by atoms with Crippen LogP contribution in [0.3, 0.4) is 0 Å². The Hall–Kier alpha value is -2.04. The average molecular weight is 327 g/mol. The molecule has 0 aliphatic carbocycles. The topological polar surface area (TPSA) is 32.7 Å². The van der Waals surface area contributed by atoms with E-state index >= 15 is 0 Å². The zero-order chi connectivity index (χ0) is 16.4. The van der Waals surface area contributed by atoms with Gasteiger partial charge in [0.25, 0.3) is 0 Å². The van der Waals surface area contributed by atoms with Crippen LogP contribution in [0.25, 0.3) is 10.8 Å². The number of ether oxygens (including phenoxy) is 1. The van der Waals surface area contributed by atoms with Crippen LogP contribution in [-0.4, -0.2) is 24.2 Å². The highest BCUT2D eigenvalue weighted by atomic mass is 32.1. The molecule has 0 fully saturated rings. The average Bonchev–Trinajstić information content (AvgIpc) is 2.94. The summed E-state index contributed by atoms with van der Waals surface area (Å²) in [5.74, 6) is 1.14. The van der Waals surface area contributed by atoms with Crippen molar-refractivity contribution in [3.8, 4) is 11.5 Å². The highest BCUT2D eigenvalue weighted by Crippen LogP contribution is 2.31. The molecule has 0 amide bonds. The number of rotatable bonds is 5. The first kappa shape index (κ1) is 15.8. The third-order valence-electron chi connectivity index (χ3n) is 4.13. The second-order valence-corrected chi connectivity index (χ2v) is 6.85. The summed E-state index contributed by atoms with van der Waals surface area (Å²) in [7, 11) is 3.74. The fourth-order valence-corrected chi connectivity index (χ4v) is 3.76. The molecule has 120 valence electrons. The summed E-state index contributed by atoms with van der Waals surface area (Å²) in [6.45, 7) is 3.71. The smallest absolute Gasteiger partial charge is 0.120 e. The molecule has 0 bridgehead atoms. The van der Waals surface area contributed by atoms with Crippen molar-refractivity contribution in [2.45, 2.75) is 20.0 Å². The molecule has 2 aromatic carbocycles. The molecule has 0 aliphatic heterocycles. The summed E-state index contributed by atoms with van der Waals surface area (Å²) >= 11 is 1.78. The van der Waals surface area contributed by atoms with E-state index in [1.54, 1.807) is 24.5 Å². The number of methoxy groups -OCH3 is 1. The van der Waals surface area contributed by atoms with Crippen molar-refractivity contribution in [2.75, 3.05) is 14.2 Å². The van der Waals surface area contributed by atoms with E-state index in [1.165, 1.54) is 10.4 Å². The lowest BCUT2D eigenvalue weighted by atomic mass is 10.0. The molecule has 0 radical (unpaired) electrons. The number of aryl methyl sites for hydroxylation is 1. The Kier molecular flexibility index (Phi) is 4.55. The number of nitrogens with zero attached hydrogens (tertiary/aromatic N) is 1. The van der Waals surface area contributed by atoms with E-state index in [0.717, 1.165) is 28.6 Å². The van der Waals surface area contributed by atoms with Crippen molar-refractivity contribution in [1.82, 2.24) is 4.90 Å². The SMILES string of the molecule is COc1ccc2ccc(O)c(CN(C)Cc3sccc3C)c2c1. The highest BCUT2D eigenvalue weighted by molar-refractivity contribution is 7.10. The number of thiophene rings is 1. The van der Waals surface area contributed by atoms with Crippen LogP contribution in [0.1, 0.15) is 16.0 Å². The van der Waals surface area contributed by atoms with Crippen LogP contribution in [0.2, 0.25) is 0 Å². The van der Waals surface area contributed by atoms with E-state index in [0.29, 0.717) is 12.3 Å². The van der Waals surface area contributed by atoms with Gasteiger partial charge >= 0.3 is 0 Å². The highest BCUT2D eigenvalue weighted by Gasteiger charge is 2.12. The van der Waals surface area contributed by atoms with Crippen molar-refractivity contribution in [3.05, 3.63) is 57.8 Å². The molecule has 4 heteroatoms. The minimum Gasteiger partial charge on any atom is -0.508 e. The second-order valence-electron chi connectivity index (χ2n) is 5.85. The number of aromatic hydroxyl groups is 1. The Balaban J connectivity index is 1.92. The molecule has 23 heavy (non-hydrogen) atoms. The minimum absolute atomic E-state index is 0.334. The van der Waals surface area contributed by atoms with Gasteiger partial charge in [-0.2, -0.15) is 0 Å². The Labute approximate surface area is 140 Å². The molecule has 3 aromatic rings. The van der Waals surface area contributed by atoms with Gasteiger partial charge in [0.2, 0.25) is 0 Å². The van der Waals surface area contributed by atoms with Crippen molar-refractivity contribution >= 4 is 22.1 Å². The molecule has 0 aliphatic rings. The van der Waals surface area contributed by atoms with Crippen molar-refractivity contribution in [1.29, 1.82) is 0 Å². The van der Waals surface area contributed by atoms with Crippen LogP contribution in [0.4, 0.5) is 0 Å². The number of fused-ring (bicyclic) bond motifs is 1. The summed E-state index contributed by atoms with van der Waals surface area (Å²) in [5.41, 5.74) is 2.27. The fraction of sp³-hybridized carbons (Fsp3) is 0.263. The maximum absolute atomic E-state index is 10.3. The number of phenolic OH excluding ortho intramolecular Hbond substituents is 1. The normalized spacial score (nSPS) is 11.3. The van der Waals surface area contributed by atoms with Crippen molar-refractivity contribution in [3.63, 3.8) is 0 Å². The van der Waals surface area contributed by atoms with Gasteiger partial charge in [-0.05, 0) is 60.0 Å². The lowest BCUT2D eigenvalue weighted by molar-refractivity contribution is 0.316. The Morgan fingerprint density at radius 3 is 2.61 bits per heavy atom. The van der Waals surface area contributed by atoms with Crippen molar-refractivity contribution in [2.24, 2.45) is 0 Å². The van der Waals surface area contributed by atoms with E-state index in [2.05, 4.69) is 30.3 Å². The van der Waals surface area contributed by atoms with Gasteiger partial charge in [0.05, 0.1) is 7.11 Å². The van der Waals surface area contributed by atoms with Crippen molar-refractivity contribution < 1.29 is 9.84 Å². The number of benzene rings is 2. The molecule has 3 nitrogen and oxygen atoms in total. The van der Waals surface area contributed by atoms with Gasteiger partial charge in [0.1, 0.15) is 11.5 Å². The summed E-state index contributed by atoms with van der Waals surface area (Å²) < 4.78 is 5.33. The molecule has 0 unspecified atom stereocenters. The van der Waals surface area contributed by atoms with Crippen LogP contribution in [0.15, 0.2) is 41.8 Å².